The van der Waals surface area contributed by atoms with E-state index < -0.39 is 18.6 Å². The van der Waals surface area contributed by atoms with Crippen molar-refractivity contribution in [2.75, 3.05) is 0 Å². The number of benzene rings is 4. The summed E-state index contributed by atoms with van der Waals surface area (Å²) in [4.78, 5) is 0. The lowest BCUT2D eigenvalue weighted by molar-refractivity contribution is -0.660. The Morgan fingerprint density at radius 3 is 2.21 bits per heavy atom. The summed E-state index contributed by atoms with van der Waals surface area (Å²) in [5.41, 5.74) is 6.45. The molecular weight excluding hydrogens is 522 g/mol. The topological polar surface area (TPSA) is 17.0 Å². The van der Waals surface area contributed by atoms with Gasteiger partial charge >= 0.3 is 0 Å². The minimum atomic E-state index is -2.48. The molecule has 0 unspecified atom stereocenters. The van der Waals surface area contributed by atoms with E-state index in [0.717, 1.165) is 51.1 Å². The van der Waals surface area contributed by atoms with Gasteiger partial charge in [0, 0.05) is 34.6 Å². The van der Waals surface area contributed by atoms with Crippen molar-refractivity contribution in [2.24, 2.45) is 12.5 Å². The molecule has 43 heavy (non-hydrogen) atoms. The zero-order chi connectivity index (χ0) is 34.9. The van der Waals surface area contributed by atoms with Gasteiger partial charge in [0.1, 0.15) is 18.2 Å². The van der Waals surface area contributed by atoms with Crippen LogP contribution >= 0.6 is 0 Å². The number of aromatic nitrogens is 1. The van der Waals surface area contributed by atoms with Crippen molar-refractivity contribution >= 4 is 43.5 Å². The van der Waals surface area contributed by atoms with Crippen molar-refractivity contribution in [3.8, 4) is 11.3 Å². The van der Waals surface area contributed by atoms with E-state index in [1.165, 1.54) is 21.9 Å². The van der Waals surface area contributed by atoms with Gasteiger partial charge in [0.15, 0.2) is 6.20 Å². The third-order valence-corrected chi connectivity index (χ3v) is 9.82. The predicted molar refractivity (Wildman–Crippen MR) is 183 cm³/mol. The highest BCUT2D eigenvalue weighted by molar-refractivity contribution is 6.24. The molecule has 0 amide bonds. The van der Waals surface area contributed by atoms with Gasteiger partial charge in [0.2, 0.25) is 5.69 Å². The first kappa shape index (κ1) is 22.8. The van der Waals surface area contributed by atoms with Gasteiger partial charge in [-0.1, -0.05) is 90.9 Å². The summed E-state index contributed by atoms with van der Waals surface area (Å²) in [5, 5.41) is 6.68. The van der Waals surface area contributed by atoms with Crippen molar-refractivity contribution in [1.29, 1.82) is 0 Å². The molecule has 0 spiro atoms. The second-order valence-electron chi connectivity index (χ2n) is 15.2. The average Bonchev–Trinajstić information content (AvgIpc) is 3.36. The Morgan fingerprint density at radius 2 is 1.49 bits per heavy atom. The van der Waals surface area contributed by atoms with Gasteiger partial charge in [-0.3, -0.25) is 0 Å². The summed E-state index contributed by atoms with van der Waals surface area (Å²) in [5.74, 6) is 0. The van der Waals surface area contributed by atoms with Crippen molar-refractivity contribution in [1.82, 2.24) is 0 Å². The Morgan fingerprint density at radius 1 is 0.837 bits per heavy atom. The molecule has 2 nitrogen and oxygen atoms in total. The largest absolute Gasteiger partial charge is 0.454 e. The van der Waals surface area contributed by atoms with Gasteiger partial charge in [0.25, 0.3) is 0 Å². The van der Waals surface area contributed by atoms with Crippen LogP contribution in [0.5, 0.6) is 0 Å². The van der Waals surface area contributed by atoms with E-state index in [2.05, 4.69) is 76.2 Å². The van der Waals surface area contributed by atoms with Crippen molar-refractivity contribution in [3.05, 3.63) is 88.6 Å². The maximum absolute atomic E-state index is 9.14. The molecule has 4 aromatic carbocycles. The van der Waals surface area contributed by atoms with Gasteiger partial charge in [-0.05, 0) is 93.7 Å². The van der Waals surface area contributed by atoms with Crippen LogP contribution in [-0.4, -0.2) is 0 Å². The maximum Gasteiger partial charge on any atom is 0.216 e. The molecule has 6 aromatic rings. The highest BCUT2D eigenvalue weighted by Gasteiger charge is 2.38. The van der Waals surface area contributed by atoms with Gasteiger partial charge in [-0.25, -0.2) is 4.57 Å². The summed E-state index contributed by atoms with van der Waals surface area (Å²) < 4.78 is 52.0. The molecule has 0 bridgehead atoms. The standard InChI is InChI=1S/C41H46NO/c1-24-11-14-30-31-16-13-26-12-15-29-28(17-18-32-36(29)41(8,9)20-19-40(32,6)7)35(26)38(31)43-37(30)34(24)33-21-27(22-39(3,4)5)25(2)23-42(33)10/h11-18,21,23H,19-20,22H2,1-10H3/q+1/i2D3,22D2. The molecule has 0 radical (unpaired) electrons. The van der Waals surface area contributed by atoms with Crippen LogP contribution in [0.2, 0.25) is 0 Å². The number of fused-ring (bicyclic) bond motifs is 9. The summed E-state index contributed by atoms with van der Waals surface area (Å²) in [6.07, 6.45) is 1.96. The van der Waals surface area contributed by atoms with Crippen LogP contribution in [0.25, 0.3) is 54.7 Å². The number of pyridine rings is 1. The van der Waals surface area contributed by atoms with Crippen LogP contribution < -0.4 is 4.57 Å². The first-order valence-electron chi connectivity index (χ1n) is 18.1. The molecule has 0 N–H and O–H groups in total. The van der Waals surface area contributed by atoms with E-state index in [0.29, 0.717) is 11.3 Å². The monoisotopic (exact) mass is 573 g/mol. The van der Waals surface area contributed by atoms with Crippen molar-refractivity contribution in [3.63, 3.8) is 0 Å². The molecule has 7 rings (SSSR count). The summed E-state index contributed by atoms with van der Waals surface area (Å²) >= 11 is 0. The van der Waals surface area contributed by atoms with Crippen LogP contribution in [0.4, 0.5) is 0 Å². The van der Waals surface area contributed by atoms with Gasteiger partial charge in [-0.2, -0.15) is 0 Å². The highest BCUT2D eigenvalue weighted by atomic mass is 16.3. The highest BCUT2D eigenvalue weighted by Crippen LogP contribution is 2.50. The van der Waals surface area contributed by atoms with Gasteiger partial charge in [-0.15, -0.1) is 0 Å². The fourth-order valence-corrected chi connectivity index (χ4v) is 7.52. The van der Waals surface area contributed by atoms with Gasteiger partial charge in [0.05, 0.1) is 5.56 Å². The zero-order valence-corrected chi connectivity index (χ0v) is 27.0. The molecule has 2 heterocycles. The number of nitrogens with zero attached hydrogens (tertiary/aromatic N) is 1. The Bertz CT molecular complexity index is 2310. The van der Waals surface area contributed by atoms with Gasteiger partial charge < -0.3 is 4.42 Å². The summed E-state index contributed by atoms with van der Waals surface area (Å²) in [6.45, 7) is 14.4. The van der Waals surface area contributed by atoms with Crippen molar-refractivity contribution < 1.29 is 15.8 Å². The first-order valence-corrected chi connectivity index (χ1v) is 15.6. The quantitative estimate of drug-likeness (QED) is 0.149. The maximum atomic E-state index is 9.14. The van der Waals surface area contributed by atoms with E-state index in [9.17, 15) is 0 Å². The fraction of sp³-hybridized carbons (Fsp3) is 0.390. The van der Waals surface area contributed by atoms with Crippen molar-refractivity contribution in [2.45, 2.75) is 92.3 Å². The van der Waals surface area contributed by atoms with Crippen LogP contribution in [0, 0.1) is 19.2 Å². The summed E-state index contributed by atoms with van der Waals surface area (Å²) in [7, 11) is 1.83. The van der Waals surface area contributed by atoms with E-state index in [1.807, 2.05) is 39.3 Å². The van der Waals surface area contributed by atoms with E-state index in [4.69, 9.17) is 11.3 Å². The number of rotatable bonds is 2. The lowest BCUT2D eigenvalue weighted by Crippen LogP contribution is -2.34. The molecular formula is C41H46NO+. The Hall–Kier alpha value is -3.65. The normalized spacial score (nSPS) is 18.8. The second-order valence-corrected chi connectivity index (χ2v) is 15.2. The number of furan rings is 1. The Labute approximate surface area is 263 Å². The van der Waals surface area contributed by atoms with E-state index in [1.54, 1.807) is 12.3 Å². The summed E-state index contributed by atoms with van der Waals surface area (Å²) in [6, 6.07) is 19.4. The molecule has 2 heteroatoms. The lowest BCUT2D eigenvalue weighted by atomic mass is 9.62. The predicted octanol–water partition coefficient (Wildman–Crippen LogP) is 10.9. The Balaban J connectivity index is 1.57. The molecule has 1 aliphatic carbocycles. The fourth-order valence-electron chi connectivity index (χ4n) is 7.52. The molecule has 0 aliphatic heterocycles. The Kier molecular flexibility index (Phi) is 4.87. The SMILES string of the molecule is [2H]C([2H])([2H])c1c[n+](C)c(-c2c(C)ccc3c2oc2c3ccc3ccc4c5c(ccc4c32)C(C)(C)CCC5(C)C)cc1C([2H])([2H])C(C)(C)C. The average molecular weight is 574 g/mol. The molecule has 220 valence electrons. The third kappa shape index (κ3) is 4.32. The lowest BCUT2D eigenvalue weighted by Gasteiger charge is -2.42. The minimum absolute atomic E-state index is 0.0232. The van der Waals surface area contributed by atoms with Crippen LogP contribution in [0.3, 0.4) is 0 Å². The molecule has 0 saturated carbocycles. The molecule has 0 saturated heterocycles. The molecule has 1 aliphatic rings. The molecule has 2 aromatic heterocycles. The zero-order valence-electron chi connectivity index (χ0n) is 32.0. The second kappa shape index (κ2) is 9.18. The van der Waals surface area contributed by atoms with Crippen LogP contribution in [0.1, 0.15) is 96.0 Å². The third-order valence-electron chi connectivity index (χ3n) is 9.82. The van der Waals surface area contributed by atoms with Crippen LogP contribution in [-0.2, 0) is 24.3 Å². The molecule has 0 atom stereocenters. The van der Waals surface area contributed by atoms with E-state index >= 15 is 0 Å². The minimum Gasteiger partial charge on any atom is -0.454 e. The van der Waals surface area contributed by atoms with E-state index in [-0.39, 0.29) is 22.0 Å². The number of aryl methyl sites for hydroxylation is 3. The molecule has 0 fully saturated rings. The van der Waals surface area contributed by atoms with Crippen LogP contribution in [0.15, 0.2) is 65.2 Å². The first-order chi connectivity index (χ1) is 22.1. The number of hydrogen-bond donors (Lipinski definition) is 0. The smallest absolute Gasteiger partial charge is 0.216 e. The number of hydrogen-bond acceptors (Lipinski definition) is 1.